The van der Waals surface area contributed by atoms with Crippen LogP contribution in [0, 0.1) is 0 Å². The minimum absolute atomic E-state index is 0.138. The number of fused-ring (bicyclic) bond motifs is 2. The molecule has 0 aromatic heterocycles. The standard InChI is InChI=1S/C14H27N3O2S/c1-3-19-8-4-7-16-9-12-5-6-13(10-16)17(12)11-14(18)15-20-2/h12-13H,3-11H2,1-2H3,(H,15,18). The molecule has 2 aliphatic heterocycles. The number of nitrogens with zero attached hydrogens (tertiary/aromatic N) is 2. The minimum Gasteiger partial charge on any atom is -0.382 e. The second-order valence-electron chi connectivity index (χ2n) is 5.60. The molecule has 20 heavy (non-hydrogen) atoms. The Kier molecular flexibility index (Phi) is 6.61. The third kappa shape index (κ3) is 4.35. The quantitative estimate of drug-likeness (QED) is 0.534. The summed E-state index contributed by atoms with van der Waals surface area (Å²) < 4.78 is 8.23. The number of ether oxygens (including phenoxy) is 1. The van der Waals surface area contributed by atoms with Gasteiger partial charge >= 0.3 is 0 Å². The Morgan fingerprint density at radius 2 is 2.05 bits per heavy atom. The summed E-state index contributed by atoms with van der Waals surface area (Å²) in [5.74, 6) is 0.138. The van der Waals surface area contributed by atoms with Crippen LogP contribution in [0.5, 0.6) is 0 Å². The van der Waals surface area contributed by atoms with E-state index in [9.17, 15) is 4.79 Å². The van der Waals surface area contributed by atoms with E-state index in [4.69, 9.17) is 4.74 Å². The molecule has 2 rings (SSSR count). The second-order valence-corrected chi connectivity index (χ2v) is 6.21. The van der Waals surface area contributed by atoms with Crippen LogP contribution in [-0.4, -0.2) is 73.4 Å². The Morgan fingerprint density at radius 3 is 2.65 bits per heavy atom. The number of hydrogen-bond acceptors (Lipinski definition) is 5. The van der Waals surface area contributed by atoms with E-state index in [0.29, 0.717) is 18.6 Å². The topological polar surface area (TPSA) is 44.8 Å². The molecule has 2 saturated heterocycles. The Balaban J connectivity index is 1.74. The zero-order valence-electron chi connectivity index (χ0n) is 12.6. The van der Waals surface area contributed by atoms with Crippen molar-refractivity contribution < 1.29 is 9.53 Å². The highest BCUT2D eigenvalue weighted by Gasteiger charge is 2.40. The lowest BCUT2D eigenvalue weighted by Gasteiger charge is -2.40. The van der Waals surface area contributed by atoms with Crippen molar-refractivity contribution in [3.05, 3.63) is 0 Å². The molecular weight excluding hydrogens is 274 g/mol. The Labute approximate surface area is 126 Å². The predicted octanol–water partition coefficient (Wildman–Crippen LogP) is 0.956. The molecule has 0 aromatic rings. The summed E-state index contributed by atoms with van der Waals surface area (Å²) in [5.41, 5.74) is 0. The lowest BCUT2D eigenvalue weighted by Crippen LogP contribution is -2.55. The predicted molar refractivity (Wildman–Crippen MR) is 82.7 cm³/mol. The number of carbonyl (C=O) groups excluding carboxylic acids is 1. The summed E-state index contributed by atoms with van der Waals surface area (Å²) in [7, 11) is 0. The van der Waals surface area contributed by atoms with E-state index >= 15 is 0 Å². The molecular formula is C14H27N3O2S. The fraction of sp³-hybridized carbons (Fsp3) is 0.929. The molecule has 116 valence electrons. The number of hydrogen-bond donors (Lipinski definition) is 1. The van der Waals surface area contributed by atoms with Crippen molar-refractivity contribution >= 4 is 17.9 Å². The summed E-state index contributed by atoms with van der Waals surface area (Å²) in [5, 5.41) is 0. The minimum atomic E-state index is 0.138. The van der Waals surface area contributed by atoms with E-state index in [-0.39, 0.29) is 5.91 Å². The first kappa shape index (κ1) is 16.1. The molecule has 2 heterocycles. The number of likely N-dealkylation sites (tertiary alicyclic amines) is 1. The lowest BCUT2D eigenvalue weighted by molar-refractivity contribution is -0.121. The third-order valence-electron chi connectivity index (χ3n) is 4.22. The molecule has 2 unspecified atom stereocenters. The molecule has 2 bridgehead atoms. The number of piperazine rings is 1. The van der Waals surface area contributed by atoms with Crippen LogP contribution in [0.4, 0.5) is 0 Å². The van der Waals surface area contributed by atoms with E-state index in [0.717, 1.165) is 39.3 Å². The summed E-state index contributed by atoms with van der Waals surface area (Å²) in [4.78, 5) is 16.7. The number of nitrogens with one attached hydrogen (secondary N) is 1. The van der Waals surface area contributed by atoms with Gasteiger partial charge in [0.25, 0.3) is 0 Å². The first-order chi connectivity index (χ1) is 9.74. The fourth-order valence-corrected chi connectivity index (χ4v) is 3.66. The fourth-order valence-electron chi connectivity index (χ4n) is 3.36. The maximum absolute atomic E-state index is 11.8. The van der Waals surface area contributed by atoms with Gasteiger partial charge in [-0.15, -0.1) is 0 Å². The van der Waals surface area contributed by atoms with Crippen molar-refractivity contribution in [3.63, 3.8) is 0 Å². The molecule has 2 fully saturated rings. The van der Waals surface area contributed by atoms with Crippen LogP contribution >= 0.6 is 11.9 Å². The SMILES string of the molecule is CCOCCCN1CC2CCC(C1)N2CC(=O)NSC. The molecule has 1 amide bonds. The van der Waals surface area contributed by atoms with Crippen LogP contribution in [0.15, 0.2) is 0 Å². The van der Waals surface area contributed by atoms with E-state index in [1.807, 2.05) is 13.2 Å². The summed E-state index contributed by atoms with van der Waals surface area (Å²) in [6.07, 6.45) is 5.47. The Hall–Kier alpha value is -0.300. The van der Waals surface area contributed by atoms with Gasteiger partial charge in [0.2, 0.25) is 5.91 Å². The maximum atomic E-state index is 11.8. The zero-order chi connectivity index (χ0) is 14.4. The normalized spacial score (nSPS) is 26.9. The van der Waals surface area contributed by atoms with Gasteiger partial charge in [-0.3, -0.25) is 14.4 Å². The first-order valence-electron chi connectivity index (χ1n) is 7.62. The van der Waals surface area contributed by atoms with Crippen molar-refractivity contribution in [1.82, 2.24) is 14.5 Å². The first-order valence-corrected chi connectivity index (χ1v) is 8.84. The van der Waals surface area contributed by atoms with E-state index in [2.05, 4.69) is 14.5 Å². The molecule has 0 radical (unpaired) electrons. The molecule has 2 atom stereocenters. The summed E-state index contributed by atoms with van der Waals surface area (Å²) in [6, 6.07) is 1.13. The Morgan fingerprint density at radius 1 is 1.35 bits per heavy atom. The van der Waals surface area contributed by atoms with Gasteiger partial charge in [-0.25, -0.2) is 0 Å². The van der Waals surface area contributed by atoms with Crippen LogP contribution in [0.2, 0.25) is 0 Å². The van der Waals surface area contributed by atoms with Crippen LogP contribution in [-0.2, 0) is 9.53 Å². The summed E-state index contributed by atoms with van der Waals surface area (Å²) >= 11 is 1.39. The van der Waals surface area contributed by atoms with Gasteiger partial charge in [-0.2, -0.15) is 0 Å². The average molecular weight is 301 g/mol. The van der Waals surface area contributed by atoms with Gasteiger partial charge in [-0.05, 0) is 26.2 Å². The van der Waals surface area contributed by atoms with E-state index < -0.39 is 0 Å². The zero-order valence-corrected chi connectivity index (χ0v) is 13.5. The number of carbonyl (C=O) groups is 1. The molecule has 0 aromatic carbocycles. The molecule has 0 spiro atoms. The maximum Gasteiger partial charge on any atom is 0.243 e. The van der Waals surface area contributed by atoms with Gasteiger partial charge in [0.05, 0.1) is 6.54 Å². The largest absolute Gasteiger partial charge is 0.382 e. The van der Waals surface area contributed by atoms with Crippen molar-refractivity contribution in [2.75, 3.05) is 45.6 Å². The van der Waals surface area contributed by atoms with Gasteiger partial charge in [0, 0.05) is 51.2 Å². The smallest absolute Gasteiger partial charge is 0.243 e. The Bertz CT molecular complexity index is 303. The van der Waals surface area contributed by atoms with Crippen LogP contribution in [0.1, 0.15) is 26.2 Å². The van der Waals surface area contributed by atoms with Gasteiger partial charge in [0.15, 0.2) is 0 Å². The highest BCUT2D eigenvalue weighted by molar-refractivity contribution is 7.97. The summed E-state index contributed by atoms with van der Waals surface area (Å²) in [6.45, 7) is 7.61. The number of amides is 1. The van der Waals surface area contributed by atoms with Crippen molar-refractivity contribution in [2.45, 2.75) is 38.3 Å². The van der Waals surface area contributed by atoms with Crippen LogP contribution in [0.3, 0.4) is 0 Å². The average Bonchev–Trinajstić information content (AvgIpc) is 2.67. The van der Waals surface area contributed by atoms with Crippen LogP contribution in [0.25, 0.3) is 0 Å². The van der Waals surface area contributed by atoms with Crippen LogP contribution < -0.4 is 4.72 Å². The molecule has 1 N–H and O–H groups in total. The van der Waals surface area contributed by atoms with E-state index in [1.54, 1.807) is 0 Å². The monoisotopic (exact) mass is 301 g/mol. The third-order valence-corrected chi connectivity index (χ3v) is 4.65. The second kappa shape index (κ2) is 8.22. The molecule has 6 heteroatoms. The van der Waals surface area contributed by atoms with Gasteiger partial charge in [-0.1, -0.05) is 11.9 Å². The van der Waals surface area contributed by atoms with E-state index in [1.165, 1.54) is 24.8 Å². The molecule has 5 nitrogen and oxygen atoms in total. The highest BCUT2D eigenvalue weighted by Crippen LogP contribution is 2.29. The lowest BCUT2D eigenvalue weighted by atomic mass is 10.2. The highest BCUT2D eigenvalue weighted by atomic mass is 32.2. The van der Waals surface area contributed by atoms with Crippen molar-refractivity contribution in [2.24, 2.45) is 0 Å². The molecule has 0 saturated carbocycles. The van der Waals surface area contributed by atoms with Crippen molar-refractivity contribution in [1.29, 1.82) is 0 Å². The van der Waals surface area contributed by atoms with Gasteiger partial charge < -0.3 is 9.64 Å². The van der Waals surface area contributed by atoms with Crippen molar-refractivity contribution in [3.8, 4) is 0 Å². The van der Waals surface area contributed by atoms with Gasteiger partial charge in [0.1, 0.15) is 0 Å². The number of rotatable bonds is 8. The molecule has 0 aliphatic carbocycles. The molecule has 2 aliphatic rings.